The van der Waals surface area contributed by atoms with Gasteiger partial charge in [-0.3, -0.25) is 4.79 Å². The molecule has 0 N–H and O–H groups in total. The Morgan fingerprint density at radius 1 is 1.50 bits per heavy atom. The van der Waals surface area contributed by atoms with E-state index in [-0.39, 0.29) is 10.6 Å². The summed E-state index contributed by atoms with van der Waals surface area (Å²) < 4.78 is 24.5. The molecule has 0 atom stereocenters. The standard InChI is InChI=1S/C8H5ClF2O/c9-6-2-1-5(3-7(6)11)8(12)4-10/h1-3H,4H2. The molecular weight excluding hydrogens is 186 g/mol. The summed E-state index contributed by atoms with van der Waals surface area (Å²) in [4.78, 5) is 10.7. The quantitative estimate of drug-likeness (QED) is 0.656. The highest BCUT2D eigenvalue weighted by Gasteiger charge is 2.07. The van der Waals surface area contributed by atoms with Gasteiger partial charge in [0.05, 0.1) is 5.02 Å². The summed E-state index contributed by atoms with van der Waals surface area (Å²) in [5.41, 5.74) is -0.000556. The Kier molecular flexibility index (Phi) is 2.76. The lowest BCUT2D eigenvalue weighted by molar-refractivity contribution is 0.0958. The molecule has 0 amide bonds. The SMILES string of the molecule is O=C(CF)c1ccc(Cl)c(F)c1. The molecule has 0 fully saturated rings. The molecule has 0 radical (unpaired) electrons. The highest BCUT2D eigenvalue weighted by Crippen LogP contribution is 2.15. The molecule has 1 rings (SSSR count). The van der Waals surface area contributed by atoms with Crippen LogP contribution < -0.4 is 0 Å². The normalized spacial score (nSPS) is 9.92. The van der Waals surface area contributed by atoms with Crippen molar-refractivity contribution in [2.45, 2.75) is 0 Å². The third kappa shape index (κ3) is 1.80. The molecule has 0 aliphatic rings. The van der Waals surface area contributed by atoms with Crippen LogP contribution in [0.5, 0.6) is 0 Å². The lowest BCUT2D eigenvalue weighted by atomic mass is 10.1. The van der Waals surface area contributed by atoms with E-state index in [1.807, 2.05) is 0 Å². The van der Waals surface area contributed by atoms with Crippen LogP contribution >= 0.6 is 11.6 Å². The number of hydrogen-bond acceptors (Lipinski definition) is 1. The maximum atomic E-state index is 12.7. The van der Waals surface area contributed by atoms with Crippen molar-refractivity contribution in [1.29, 1.82) is 0 Å². The number of alkyl halides is 1. The van der Waals surface area contributed by atoms with Crippen molar-refractivity contribution >= 4 is 17.4 Å². The van der Waals surface area contributed by atoms with Gasteiger partial charge in [-0.25, -0.2) is 8.78 Å². The molecule has 1 aromatic rings. The van der Waals surface area contributed by atoms with Crippen LogP contribution in [-0.2, 0) is 0 Å². The van der Waals surface area contributed by atoms with E-state index in [1.54, 1.807) is 0 Å². The second-order valence-electron chi connectivity index (χ2n) is 2.19. The predicted molar refractivity (Wildman–Crippen MR) is 41.7 cm³/mol. The maximum absolute atomic E-state index is 12.7. The van der Waals surface area contributed by atoms with Crippen LogP contribution in [0.3, 0.4) is 0 Å². The highest BCUT2D eigenvalue weighted by molar-refractivity contribution is 6.30. The molecular formula is C8H5ClF2O. The fraction of sp³-hybridized carbons (Fsp3) is 0.125. The van der Waals surface area contributed by atoms with Crippen LogP contribution in [0.25, 0.3) is 0 Å². The van der Waals surface area contributed by atoms with Gasteiger partial charge in [0.25, 0.3) is 0 Å². The first-order valence-electron chi connectivity index (χ1n) is 3.19. The number of rotatable bonds is 2. The number of halogens is 3. The van der Waals surface area contributed by atoms with Crippen LogP contribution in [0, 0.1) is 5.82 Å². The summed E-state index contributed by atoms with van der Waals surface area (Å²) in [7, 11) is 0. The van der Waals surface area contributed by atoms with Gasteiger partial charge in [-0.15, -0.1) is 0 Å². The summed E-state index contributed by atoms with van der Waals surface area (Å²) in [6.45, 7) is -1.12. The fourth-order valence-electron chi connectivity index (χ4n) is 0.747. The van der Waals surface area contributed by atoms with Crippen molar-refractivity contribution in [1.82, 2.24) is 0 Å². The molecule has 0 heterocycles. The van der Waals surface area contributed by atoms with Crippen LogP contribution in [0.2, 0.25) is 5.02 Å². The van der Waals surface area contributed by atoms with E-state index in [2.05, 4.69) is 0 Å². The first-order valence-corrected chi connectivity index (χ1v) is 3.57. The minimum absolute atomic E-state index is 0.000556. The fourth-order valence-corrected chi connectivity index (χ4v) is 0.864. The highest BCUT2D eigenvalue weighted by atomic mass is 35.5. The van der Waals surface area contributed by atoms with E-state index in [1.165, 1.54) is 12.1 Å². The summed E-state index contributed by atoms with van der Waals surface area (Å²) in [5.74, 6) is -1.46. The lowest BCUT2D eigenvalue weighted by Crippen LogP contribution is -2.01. The Labute approximate surface area is 73.0 Å². The molecule has 0 aliphatic carbocycles. The Hall–Kier alpha value is -0.960. The number of hydrogen-bond donors (Lipinski definition) is 0. The Morgan fingerprint density at radius 3 is 2.67 bits per heavy atom. The molecule has 0 saturated carbocycles. The molecule has 0 aromatic heterocycles. The van der Waals surface area contributed by atoms with Crippen LogP contribution in [0.1, 0.15) is 10.4 Å². The van der Waals surface area contributed by atoms with E-state index in [0.29, 0.717) is 0 Å². The van der Waals surface area contributed by atoms with E-state index in [9.17, 15) is 13.6 Å². The van der Waals surface area contributed by atoms with Crippen molar-refractivity contribution in [2.75, 3.05) is 6.67 Å². The average Bonchev–Trinajstić information content (AvgIpc) is 2.08. The summed E-state index contributed by atoms with van der Waals surface area (Å²) >= 11 is 5.35. The van der Waals surface area contributed by atoms with Crippen LogP contribution in [0.4, 0.5) is 8.78 Å². The lowest BCUT2D eigenvalue weighted by Gasteiger charge is -1.97. The predicted octanol–water partition coefficient (Wildman–Crippen LogP) is 2.63. The van der Waals surface area contributed by atoms with Crippen LogP contribution in [0.15, 0.2) is 18.2 Å². The number of carbonyl (C=O) groups excluding carboxylic acids is 1. The molecule has 64 valence electrons. The van der Waals surface area contributed by atoms with Crippen molar-refractivity contribution in [3.05, 3.63) is 34.6 Å². The zero-order chi connectivity index (χ0) is 9.14. The van der Waals surface area contributed by atoms with E-state index in [4.69, 9.17) is 11.6 Å². The third-order valence-electron chi connectivity index (χ3n) is 1.36. The van der Waals surface area contributed by atoms with Crippen molar-refractivity contribution in [3.63, 3.8) is 0 Å². The van der Waals surface area contributed by atoms with E-state index >= 15 is 0 Å². The van der Waals surface area contributed by atoms with Crippen molar-refractivity contribution < 1.29 is 13.6 Å². The smallest absolute Gasteiger partial charge is 0.193 e. The van der Waals surface area contributed by atoms with Crippen LogP contribution in [-0.4, -0.2) is 12.5 Å². The molecule has 1 nitrogen and oxygen atoms in total. The van der Waals surface area contributed by atoms with Gasteiger partial charge in [-0.1, -0.05) is 11.6 Å². The number of Topliss-reactive ketones (excluding diaryl/α,β-unsaturated/α-hetero) is 1. The van der Waals surface area contributed by atoms with E-state index in [0.717, 1.165) is 6.07 Å². The first-order chi connectivity index (χ1) is 5.65. The first kappa shape index (κ1) is 9.13. The van der Waals surface area contributed by atoms with Gasteiger partial charge < -0.3 is 0 Å². The van der Waals surface area contributed by atoms with Gasteiger partial charge in [-0.2, -0.15) is 0 Å². The van der Waals surface area contributed by atoms with Gasteiger partial charge >= 0.3 is 0 Å². The second kappa shape index (κ2) is 3.63. The van der Waals surface area contributed by atoms with Gasteiger partial charge in [-0.05, 0) is 18.2 Å². The number of ketones is 1. The molecule has 0 bridgehead atoms. The summed E-state index contributed by atoms with van der Waals surface area (Å²) in [6, 6.07) is 3.43. The zero-order valence-electron chi connectivity index (χ0n) is 5.98. The van der Waals surface area contributed by atoms with Gasteiger partial charge in [0.2, 0.25) is 0 Å². The van der Waals surface area contributed by atoms with Gasteiger partial charge in [0.1, 0.15) is 5.82 Å². The summed E-state index contributed by atoms with van der Waals surface area (Å²) in [5, 5.41) is -0.0783. The van der Waals surface area contributed by atoms with Crippen molar-refractivity contribution in [2.24, 2.45) is 0 Å². The van der Waals surface area contributed by atoms with Crippen molar-refractivity contribution in [3.8, 4) is 0 Å². The van der Waals surface area contributed by atoms with Gasteiger partial charge in [0, 0.05) is 5.56 Å². The Morgan fingerprint density at radius 2 is 2.17 bits per heavy atom. The minimum atomic E-state index is -1.12. The molecule has 0 spiro atoms. The second-order valence-corrected chi connectivity index (χ2v) is 2.59. The van der Waals surface area contributed by atoms with Gasteiger partial charge in [0.15, 0.2) is 12.5 Å². The number of carbonyl (C=O) groups is 1. The maximum Gasteiger partial charge on any atom is 0.193 e. The monoisotopic (exact) mass is 190 g/mol. The zero-order valence-corrected chi connectivity index (χ0v) is 6.74. The Bertz CT molecular complexity index is 312. The van der Waals surface area contributed by atoms with E-state index < -0.39 is 18.3 Å². The molecule has 0 saturated heterocycles. The summed E-state index contributed by atoms with van der Waals surface area (Å²) in [6.07, 6.45) is 0. The Balaban J connectivity index is 3.05. The largest absolute Gasteiger partial charge is 0.291 e. The molecule has 0 aliphatic heterocycles. The number of benzene rings is 1. The molecule has 1 aromatic carbocycles. The third-order valence-corrected chi connectivity index (χ3v) is 1.67. The topological polar surface area (TPSA) is 17.1 Å². The molecule has 12 heavy (non-hydrogen) atoms. The minimum Gasteiger partial charge on any atom is -0.291 e. The molecule has 0 unspecified atom stereocenters. The molecule has 4 heteroatoms. The average molecular weight is 191 g/mol.